The lowest BCUT2D eigenvalue weighted by Gasteiger charge is -2.35. The third-order valence-electron chi connectivity index (χ3n) is 5.11. The Morgan fingerprint density at radius 1 is 1.18 bits per heavy atom. The predicted molar refractivity (Wildman–Crippen MR) is 111 cm³/mol. The molecule has 1 aliphatic rings. The maximum absolute atomic E-state index is 12.8. The Labute approximate surface area is 167 Å². The van der Waals surface area contributed by atoms with Crippen LogP contribution < -0.4 is 10.1 Å². The number of benzene rings is 2. The van der Waals surface area contributed by atoms with E-state index in [1.54, 1.807) is 0 Å². The molecule has 1 fully saturated rings. The zero-order valence-corrected chi connectivity index (χ0v) is 17.0. The molecule has 1 heterocycles. The van der Waals surface area contributed by atoms with E-state index < -0.39 is 0 Å². The number of hydrogen-bond donors (Lipinski definition) is 1. The van der Waals surface area contributed by atoms with Crippen molar-refractivity contribution >= 4 is 5.91 Å². The Morgan fingerprint density at radius 2 is 1.96 bits per heavy atom. The molecule has 1 N–H and O–H groups in total. The average molecular weight is 383 g/mol. The van der Waals surface area contributed by atoms with Gasteiger partial charge in [0.05, 0.1) is 25.9 Å². The number of ether oxygens (including phenoxy) is 2. The Kier molecular flexibility index (Phi) is 7.06. The normalized spacial score (nSPS) is 15.8. The second kappa shape index (κ2) is 9.71. The highest BCUT2D eigenvalue weighted by Gasteiger charge is 2.23. The van der Waals surface area contributed by atoms with Crippen molar-refractivity contribution < 1.29 is 14.3 Å². The van der Waals surface area contributed by atoms with Gasteiger partial charge in [-0.15, -0.1) is 0 Å². The van der Waals surface area contributed by atoms with Crippen LogP contribution in [0.1, 0.15) is 40.0 Å². The van der Waals surface area contributed by atoms with Gasteiger partial charge in [0.1, 0.15) is 5.75 Å². The van der Waals surface area contributed by atoms with Gasteiger partial charge in [-0.3, -0.25) is 9.69 Å². The van der Waals surface area contributed by atoms with E-state index >= 15 is 0 Å². The van der Waals surface area contributed by atoms with Gasteiger partial charge in [0.15, 0.2) is 0 Å². The van der Waals surface area contributed by atoms with Crippen LogP contribution in [0, 0.1) is 13.8 Å². The quantitative estimate of drug-likeness (QED) is 0.796. The van der Waals surface area contributed by atoms with Gasteiger partial charge in [-0.1, -0.05) is 29.8 Å². The molecule has 1 amide bonds. The molecule has 1 atom stereocenters. The van der Waals surface area contributed by atoms with E-state index in [-0.39, 0.29) is 11.9 Å². The predicted octanol–water partition coefficient (Wildman–Crippen LogP) is 3.51. The topological polar surface area (TPSA) is 50.8 Å². The number of rotatable bonds is 7. The first-order valence-electron chi connectivity index (χ1n) is 9.98. The van der Waals surface area contributed by atoms with Crippen molar-refractivity contribution in [2.75, 3.05) is 39.5 Å². The van der Waals surface area contributed by atoms with Crippen LogP contribution in [0.2, 0.25) is 0 Å². The number of carbonyl (C=O) groups excluding carboxylic acids is 1. The van der Waals surface area contributed by atoms with Gasteiger partial charge in [-0.25, -0.2) is 0 Å². The first-order chi connectivity index (χ1) is 13.6. The summed E-state index contributed by atoms with van der Waals surface area (Å²) in [7, 11) is 0. The molecule has 0 saturated carbocycles. The van der Waals surface area contributed by atoms with Gasteiger partial charge in [-0.05, 0) is 50.1 Å². The summed E-state index contributed by atoms with van der Waals surface area (Å²) in [5.41, 5.74) is 4.08. The number of nitrogens with zero attached hydrogens (tertiary/aromatic N) is 1. The summed E-state index contributed by atoms with van der Waals surface area (Å²) in [4.78, 5) is 15.1. The zero-order chi connectivity index (χ0) is 19.9. The van der Waals surface area contributed by atoms with Gasteiger partial charge in [0, 0.05) is 25.2 Å². The summed E-state index contributed by atoms with van der Waals surface area (Å²) in [5, 5.41) is 3.13. The minimum atomic E-state index is -0.0583. The number of morpholine rings is 1. The molecule has 3 rings (SSSR count). The van der Waals surface area contributed by atoms with Gasteiger partial charge < -0.3 is 14.8 Å². The van der Waals surface area contributed by atoms with Crippen molar-refractivity contribution in [1.29, 1.82) is 0 Å². The Bertz CT molecular complexity index is 800. The minimum Gasteiger partial charge on any atom is -0.494 e. The molecule has 0 aromatic heterocycles. The standard InChI is InChI=1S/C23H30N2O3/c1-4-28-22-9-8-20(15-18(22)3)23(26)24-16-21(25-10-12-27-13-11-25)19-7-5-6-17(2)14-19/h5-9,14-15,21H,4,10-13,16H2,1-3H3,(H,24,26). The van der Waals surface area contributed by atoms with E-state index in [0.29, 0.717) is 18.7 Å². The fraction of sp³-hybridized carbons (Fsp3) is 0.435. The minimum absolute atomic E-state index is 0.0583. The maximum Gasteiger partial charge on any atom is 0.251 e. The summed E-state index contributed by atoms with van der Waals surface area (Å²) in [6.45, 7) is 10.4. The highest BCUT2D eigenvalue weighted by molar-refractivity contribution is 5.94. The highest BCUT2D eigenvalue weighted by atomic mass is 16.5. The van der Waals surface area contributed by atoms with Crippen LogP contribution in [0.25, 0.3) is 0 Å². The van der Waals surface area contributed by atoms with E-state index in [0.717, 1.165) is 37.6 Å². The summed E-state index contributed by atoms with van der Waals surface area (Å²) in [6, 6.07) is 14.2. The zero-order valence-electron chi connectivity index (χ0n) is 17.0. The van der Waals surface area contributed by atoms with Crippen molar-refractivity contribution in [3.63, 3.8) is 0 Å². The molecule has 150 valence electrons. The third-order valence-corrected chi connectivity index (χ3v) is 5.11. The van der Waals surface area contributed by atoms with Crippen molar-refractivity contribution in [3.05, 3.63) is 64.7 Å². The molecule has 5 heteroatoms. The number of nitrogens with one attached hydrogen (secondary N) is 1. The molecule has 1 unspecified atom stereocenters. The first kappa shape index (κ1) is 20.4. The molecule has 1 saturated heterocycles. The molecule has 2 aromatic carbocycles. The summed E-state index contributed by atoms with van der Waals surface area (Å²) in [6.07, 6.45) is 0. The fourth-order valence-electron chi connectivity index (χ4n) is 3.62. The van der Waals surface area contributed by atoms with Crippen LogP contribution in [0.4, 0.5) is 0 Å². The van der Waals surface area contributed by atoms with Gasteiger partial charge in [-0.2, -0.15) is 0 Å². The van der Waals surface area contributed by atoms with E-state index in [4.69, 9.17) is 9.47 Å². The Morgan fingerprint density at radius 3 is 2.64 bits per heavy atom. The van der Waals surface area contributed by atoms with Gasteiger partial charge in [0.25, 0.3) is 5.91 Å². The van der Waals surface area contributed by atoms with Crippen molar-refractivity contribution in [2.24, 2.45) is 0 Å². The molecular formula is C23H30N2O3. The molecular weight excluding hydrogens is 352 g/mol. The number of carbonyl (C=O) groups is 1. The lowest BCUT2D eigenvalue weighted by atomic mass is 10.0. The lowest BCUT2D eigenvalue weighted by Crippen LogP contribution is -2.43. The van der Waals surface area contributed by atoms with Crippen molar-refractivity contribution in [2.45, 2.75) is 26.8 Å². The average Bonchev–Trinajstić information content (AvgIpc) is 2.70. The summed E-state index contributed by atoms with van der Waals surface area (Å²) < 4.78 is 11.1. The molecule has 5 nitrogen and oxygen atoms in total. The maximum atomic E-state index is 12.8. The number of aryl methyl sites for hydroxylation is 2. The van der Waals surface area contributed by atoms with Crippen LogP contribution in [0.5, 0.6) is 5.75 Å². The molecule has 0 radical (unpaired) electrons. The van der Waals surface area contributed by atoms with Crippen LogP contribution >= 0.6 is 0 Å². The molecule has 2 aromatic rings. The van der Waals surface area contributed by atoms with Crippen LogP contribution in [-0.2, 0) is 4.74 Å². The van der Waals surface area contributed by atoms with Crippen LogP contribution in [0.3, 0.4) is 0 Å². The SMILES string of the molecule is CCOc1ccc(C(=O)NCC(c2cccc(C)c2)N2CCOCC2)cc1C. The van der Waals surface area contributed by atoms with Gasteiger partial charge in [0.2, 0.25) is 0 Å². The monoisotopic (exact) mass is 382 g/mol. The van der Waals surface area contributed by atoms with Gasteiger partial charge >= 0.3 is 0 Å². The molecule has 0 bridgehead atoms. The lowest BCUT2D eigenvalue weighted by molar-refractivity contribution is 0.0162. The third kappa shape index (κ3) is 5.12. The van der Waals surface area contributed by atoms with E-state index in [1.165, 1.54) is 11.1 Å². The van der Waals surface area contributed by atoms with Crippen molar-refractivity contribution in [3.8, 4) is 5.75 Å². The summed E-state index contributed by atoms with van der Waals surface area (Å²) >= 11 is 0. The largest absolute Gasteiger partial charge is 0.494 e. The molecule has 1 aliphatic heterocycles. The molecule has 0 spiro atoms. The fourth-order valence-corrected chi connectivity index (χ4v) is 3.62. The summed E-state index contributed by atoms with van der Waals surface area (Å²) in [5.74, 6) is 0.766. The van der Waals surface area contributed by atoms with E-state index in [1.807, 2.05) is 32.0 Å². The number of amides is 1. The second-order valence-electron chi connectivity index (χ2n) is 7.20. The molecule has 0 aliphatic carbocycles. The van der Waals surface area contributed by atoms with Crippen LogP contribution in [-0.4, -0.2) is 50.3 Å². The highest BCUT2D eigenvalue weighted by Crippen LogP contribution is 2.23. The Balaban J connectivity index is 1.72. The van der Waals surface area contributed by atoms with Crippen LogP contribution in [0.15, 0.2) is 42.5 Å². The molecule has 28 heavy (non-hydrogen) atoms. The number of hydrogen-bond acceptors (Lipinski definition) is 4. The smallest absolute Gasteiger partial charge is 0.251 e. The Hall–Kier alpha value is -2.37. The second-order valence-corrected chi connectivity index (χ2v) is 7.20. The first-order valence-corrected chi connectivity index (χ1v) is 9.98. The van der Waals surface area contributed by atoms with E-state index in [2.05, 4.69) is 41.4 Å². The van der Waals surface area contributed by atoms with E-state index in [9.17, 15) is 4.79 Å². The van der Waals surface area contributed by atoms with Crippen molar-refractivity contribution in [1.82, 2.24) is 10.2 Å².